The van der Waals surface area contributed by atoms with Crippen LogP contribution in [0.3, 0.4) is 0 Å². The summed E-state index contributed by atoms with van der Waals surface area (Å²) in [5, 5.41) is 10.2. The summed E-state index contributed by atoms with van der Waals surface area (Å²) in [6.45, 7) is 0. The molecule has 0 saturated heterocycles. The highest BCUT2D eigenvalue weighted by Gasteiger charge is 2.28. The fourth-order valence-corrected chi connectivity index (χ4v) is 2.43. The summed E-state index contributed by atoms with van der Waals surface area (Å²) >= 11 is 5.66. The molecule has 0 bridgehead atoms. The van der Waals surface area contributed by atoms with Crippen LogP contribution in [0.2, 0.25) is 5.02 Å². The fraction of sp³-hybridized carbons (Fsp3) is 0.200. The van der Waals surface area contributed by atoms with Gasteiger partial charge in [-0.2, -0.15) is 0 Å². The van der Waals surface area contributed by atoms with Crippen molar-refractivity contribution in [1.29, 1.82) is 0 Å². The number of ether oxygens (including phenoxy) is 1. The van der Waals surface area contributed by atoms with Crippen molar-refractivity contribution in [2.24, 2.45) is 0 Å². The largest absolute Gasteiger partial charge is 0.485 e. The number of para-hydroxylation sites is 1. The molecule has 2 nitrogen and oxygen atoms in total. The first kappa shape index (κ1) is 12.5. The Morgan fingerprint density at radius 3 is 2.79 bits per heavy atom. The minimum atomic E-state index is -0.603. The van der Waals surface area contributed by atoms with E-state index in [1.54, 1.807) is 12.1 Å². The minimum Gasteiger partial charge on any atom is -0.485 e. The molecule has 0 radical (unpaired) electrons. The van der Waals surface area contributed by atoms with Crippen LogP contribution >= 0.6 is 11.6 Å². The maximum absolute atomic E-state index is 13.5. The topological polar surface area (TPSA) is 29.5 Å². The second kappa shape index (κ2) is 4.83. The van der Waals surface area contributed by atoms with Crippen molar-refractivity contribution >= 4 is 11.6 Å². The van der Waals surface area contributed by atoms with Gasteiger partial charge >= 0.3 is 0 Å². The van der Waals surface area contributed by atoms with Gasteiger partial charge in [0.05, 0.1) is 11.1 Å². The number of fused-ring (bicyclic) bond motifs is 1. The quantitative estimate of drug-likeness (QED) is 0.853. The molecule has 0 aliphatic carbocycles. The molecule has 2 aromatic carbocycles. The number of rotatable bonds is 1. The second-order valence-corrected chi connectivity index (χ2v) is 4.98. The highest BCUT2D eigenvalue weighted by molar-refractivity contribution is 6.30. The lowest BCUT2D eigenvalue weighted by atomic mass is 9.95. The predicted octanol–water partition coefficient (Wildman–Crippen LogP) is 4.04. The first-order chi connectivity index (χ1) is 9.15. The van der Waals surface area contributed by atoms with Gasteiger partial charge in [-0.15, -0.1) is 0 Å². The summed E-state index contributed by atoms with van der Waals surface area (Å²) < 4.78 is 19.3. The molecule has 4 heteroatoms. The van der Waals surface area contributed by atoms with Crippen molar-refractivity contribution < 1.29 is 14.2 Å². The molecule has 98 valence electrons. The molecule has 2 atom stereocenters. The normalized spacial score (nSPS) is 21.6. The maximum atomic E-state index is 13.5. The van der Waals surface area contributed by atoms with E-state index in [4.69, 9.17) is 16.3 Å². The Labute approximate surface area is 115 Å². The highest BCUT2D eigenvalue weighted by atomic mass is 35.5. The van der Waals surface area contributed by atoms with Gasteiger partial charge in [0.1, 0.15) is 17.7 Å². The number of hydrogen-bond acceptors (Lipinski definition) is 2. The zero-order valence-corrected chi connectivity index (χ0v) is 10.8. The van der Waals surface area contributed by atoms with Gasteiger partial charge in [-0.25, -0.2) is 4.39 Å². The van der Waals surface area contributed by atoms with E-state index in [0.717, 1.165) is 5.56 Å². The van der Waals surface area contributed by atoms with Crippen LogP contribution in [-0.4, -0.2) is 5.11 Å². The van der Waals surface area contributed by atoms with Crippen molar-refractivity contribution in [3.05, 3.63) is 64.4 Å². The third-order valence-corrected chi connectivity index (χ3v) is 3.61. The third-order valence-electron chi connectivity index (χ3n) is 3.30. The molecule has 0 aromatic heterocycles. The molecule has 2 aromatic rings. The monoisotopic (exact) mass is 278 g/mol. The van der Waals surface area contributed by atoms with Gasteiger partial charge in [-0.1, -0.05) is 35.9 Å². The van der Waals surface area contributed by atoms with E-state index in [0.29, 0.717) is 17.7 Å². The van der Waals surface area contributed by atoms with Crippen LogP contribution in [0.4, 0.5) is 4.39 Å². The molecule has 1 aliphatic rings. The smallest absolute Gasteiger partial charge is 0.142 e. The highest BCUT2D eigenvalue weighted by Crippen LogP contribution is 2.40. The predicted molar refractivity (Wildman–Crippen MR) is 70.8 cm³/mol. The summed E-state index contributed by atoms with van der Waals surface area (Å²) in [7, 11) is 0. The number of hydrogen-bond donors (Lipinski definition) is 1. The molecule has 0 fully saturated rings. The van der Waals surface area contributed by atoms with E-state index in [1.807, 2.05) is 18.2 Å². The SMILES string of the molecule is O[C@H]1CC(c2ccc(Cl)c(F)c2)Oc2ccccc21. The van der Waals surface area contributed by atoms with Crippen LogP contribution in [0.5, 0.6) is 5.75 Å². The lowest BCUT2D eigenvalue weighted by Gasteiger charge is -2.29. The van der Waals surface area contributed by atoms with Crippen LogP contribution in [0.25, 0.3) is 0 Å². The van der Waals surface area contributed by atoms with Crippen LogP contribution in [-0.2, 0) is 0 Å². The van der Waals surface area contributed by atoms with Gasteiger partial charge in [0.25, 0.3) is 0 Å². The van der Waals surface area contributed by atoms with Gasteiger partial charge in [-0.3, -0.25) is 0 Å². The number of benzene rings is 2. The molecule has 1 unspecified atom stereocenters. The lowest BCUT2D eigenvalue weighted by Crippen LogP contribution is -2.19. The molecule has 1 heterocycles. The van der Waals surface area contributed by atoms with Gasteiger partial charge in [0.15, 0.2) is 0 Å². The van der Waals surface area contributed by atoms with E-state index in [1.165, 1.54) is 12.1 Å². The van der Waals surface area contributed by atoms with Crippen molar-refractivity contribution in [2.45, 2.75) is 18.6 Å². The van der Waals surface area contributed by atoms with E-state index >= 15 is 0 Å². The minimum absolute atomic E-state index is 0.0838. The Hall–Kier alpha value is -1.58. The van der Waals surface area contributed by atoms with Crippen LogP contribution < -0.4 is 4.74 Å². The third kappa shape index (κ3) is 2.31. The number of aliphatic hydroxyl groups is 1. The van der Waals surface area contributed by atoms with E-state index < -0.39 is 11.9 Å². The average Bonchev–Trinajstić information content (AvgIpc) is 2.42. The summed E-state index contributed by atoms with van der Waals surface area (Å²) in [5.41, 5.74) is 1.45. The summed E-state index contributed by atoms with van der Waals surface area (Å²) in [6, 6.07) is 11.9. The zero-order chi connectivity index (χ0) is 13.4. The zero-order valence-electron chi connectivity index (χ0n) is 10.0. The number of halogens is 2. The second-order valence-electron chi connectivity index (χ2n) is 4.57. The van der Waals surface area contributed by atoms with Gasteiger partial charge in [0, 0.05) is 12.0 Å². The molecular formula is C15H12ClFO2. The molecule has 0 saturated carbocycles. The Morgan fingerprint density at radius 2 is 2.00 bits per heavy atom. The lowest BCUT2D eigenvalue weighted by molar-refractivity contribution is 0.0656. The Morgan fingerprint density at radius 1 is 1.21 bits per heavy atom. The molecular weight excluding hydrogens is 267 g/mol. The summed E-state index contributed by atoms with van der Waals surface area (Å²) in [4.78, 5) is 0. The molecule has 1 N–H and O–H groups in total. The van der Waals surface area contributed by atoms with Crippen LogP contribution in [0, 0.1) is 5.82 Å². The summed E-state index contributed by atoms with van der Waals surface area (Å²) in [6.07, 6.45) is -0.566. The van der Waals surface area contributed by atoms with Gasteiger partial charge in [-0.05, 0) is 23.8 Å². The summed E-state index contributed by atoms with van der Waals surface area (Å²) in [5.74, 6) is 0.165. The Bertz CT molecular complexity index is 615. The van der Waals surface area contributed by atoms with Crippen molar-refractivity contribution in [3.63, 3.8) is 0 Å². The average molecular weight is 279 g/mol. The maximum Gasteiger partial charge on any atom is 0.142 e. The van der Waals surface area contributed by atoms with E-state index in [2.05, 4.69) is 0 Å². The van der Waals surface area contributed by atoms with Gasteiger partial charge in [0.2, 0.25) is 0 Å². The Kier molecular flexibility index (Phi) is 3.17. The molecule has 0 spiro atoms. The van der Waals surface area contributed by atoms with Crippen LogP contribution in [0.15, 0.2) is 42.5 Å². The van der Waals surface area contributed by atoms with Crippen LogP contribution in [0.1, 0.15) is 29.8 Å². The first-order valence-electron chi connectivity index (χ1n) is 6.04. The molecule has 0 amide bonds. The van der Waals surface area contributed by atoms with Gasteiger partial charge < -0.3 is 9.84 Å². The van der Waals surface area contributed by atoms with Crippen molar-refractivity contribution in [1.82, 2.24) is 0 Å². The van der Waals surface area contributed by atoms with Crippen molar-refractivity contribution in [2.75, 3.05) is 0 Å². The van der Waals surface area contributed by atoms with Crippen molar-refractivity contribution in [3.8, 4) is 5.75 Å². The Balaban J connectivity index is 1.94. The van der Waals surface area contributed by atoms with E-state index in [9.17, 15) is 9.50 Å². The standard InChI is InChI=1S/C15H12ClFO2/c16-11-6-5-9(7-12(11)17)15-8-13(18)10-3-1-2-4-14(10)19-15/h1-7,13,15,18H,8H2/t13-,15?/m0/s1. The van der Waals surface area contributed by atoms with E-state index in [-0.39, 0.29) is 11.1 Å². The number of aliphatic hydroxyl groups excluding tert-OH is 1. The fourth-order valence-electron chi connectivity index (χ4n) is 2.31. The molecule has 3 rings (SSSR count). The molecule has 19 heavy (non-hydrogen) atoms. The first-order valence-corrected chi connectivity index (χ1v) is 6.41. The molecule has 1 aliphatic heterocycles.